The number of benzene rings is 2. The third-order valence-corrected chi connectivity index (χ3v) is 3.05. The monoisotopic (exact) mass is 294 g/mol. The van der Waals surface area contributed by atoms with Crippen molar-refractivity contribution in [1.29, 1.82) is 0 Å². The number of halogens is 2. The van der Waals surface area contributed by atoms with E-state index >= 15 is 0 Å². The van der Waals surface area contributed by atoms with Crippen LogP contribution in [-0.4, -0.2) is 23.3 Å². The lowest BCUT2D eigenvalue weighted by Crippen LogP contribution is -2.11. The van der Waals surface area contributed by atoms with Gasteiger partial charge in [0.25, 0.3) is 0 Å². The molecule has 110 valence electrons. The number of hydrogen-bond donors (Lipinski definition) is 2. The summed E-state index contributed by atoms with van der Waals surface area (Å²) in [5.74, 6) is -3.36. The van der Waals surface area contributed by atoms with Crippen LogP contribution in [0.15, 0.2) is 36.4 Å². The maximum absolute atomic E-state index is 13.9. The Balaban J connectivity index is 2.55. The van der Waals surface area contributed by atoms with Gasteiger partial charge in [-0.1, -0.05) is 18.2 Å². The van der Waals surface area contributed by atoms with Gasteiger partial charge in [0.05, 0.1) is 18.2 Å². The molecule has 4 nitrogen and oxygen atoms in total. The lowest BCUT2D eigenvalue weighted by Gasteiger charge is -2.16. The second kappa shape index (κ2) is 5.88. The Bertz CT molecular complexity index is 662. The van der Waals surface area contributed by atoms with Crippen molar-refractivity contribution in [2.75, 3.05) is 7.11 Å². The van der Waals surface area contributed by atoms with Crippen molar-refractivity contribution in [2.24, 2.45) is 0 Å². The third kappa shape index (κ3) is 2.85. The van der Waals surface area contributed by atoms with Crippen LogP contribution in [0.3, 0.4) is 0 Å². The Morgan fingerprint density at radius 1 is 1.19 bits per heavy atom. The SMILES string of the molecule is COc1cc(F)c(C(O)c2ccccc2C(=O)O)c(F)c1. The van der Waals surface area contributed by atoms with Gasteiger partial charge >= 0.3 is 5.97 Å². The van der Waals surface area contributed by atoms with E-state index in [-0.39, 0.29) is 16.9 Å². The van der Waals surface area contributed by atoms with Crippen LogP contribution in [0.1, 0.15) is 27.6 Å². The smallest absolute Gasteiger partial charge is 0.336 e. The Morgan fingerprint density at radius 3 is 2.29 bits per heavy atom. The van der Waals surface area contributed by atoms with E-state index in [1.165, 1.54) is 31.4 Å². The van der Waals surface area contributed by atoms with E-state index < -0.39 is 29.3 Å². The number of aromatic carboxylic acids is 1. The number of aliphatic hydroxyl groups is 1. The molecule has 1 unspecified atom stereocenters. The minimum atomic E-state index is -1.73. The van der Waals surface area contributed by atoms with E-state index in [0.717, 1.165) is 12.1 Å². The predicted molar refractivity (Wildman–Crippen MR) is 70.4 cm³/mol. The van der Waals surface area contributed by atoms with Crippen LogP contribution in [0.2, 0.25) is 0 Å². The first-order valence-corrected chi connectivity index (χ1v) is 5.99. The van der Waals surface area contributed by atoms with Crippen LogP contribution in [0.4, 0.5) is 8.78 Å². The minimum Gasteiger partial charge on any atom is -0.497 e. The largest absolute Gasteiger partial charge is 0.497 e. The quantitative estimate of drug-likeness (QED) is 0.910. The van der Waals surface area contributed by atoms with E-state index in [1.54, 1.807) is 0 Å². The lowest BCUT2D eigenvalue weighted by atomic mass is 9.96. The number of aliphatic hydroxyl groups excluding tert-OH is 1. The zero-order valence-electron chi connectivity index (χ0n) is 11.0. The van der Waals surface area contributed by atoms with Gasteiger partial charge in [-0.3, -0.25) is 0 Å². The number of ether oxygens (including phenoxy) is 1. The van der Waals surface area contributed by atoms with E-state index in [2.05, 4.69) is 0 Å². The number of carbonyl (C=O) groups is 1. The Morgan fingerprint density at radius 2 is 1.76 bits per heavy atom. The van der Waals surface area contributed by atoms with Gasteiger partial charge in [0.2, 0.25) is 0 Å². The van der Waals surface area contributed by atoms with Gasteiger partial charge in [0.15, 0.2) is 0 Å². The molecule has 0 radical (unpaired) electrons. The Labute approximate surface area is 119 Å². The zero-order chi connectivity index (χ0) is 15.6. The first-order chi connectivity index (χ1) is 9.95. The molecule has 0 fully saturated rings. The van der Waals surface area contributed by atoms with Crippen molar-refractivity contribution >= 4 is 5.97 Å². The average Bonchev–Trinajstić information content (AvgIpc) is 2.46. The van der Waals surface area contributed by atoms with Gasteiger partial charge in [0, 0.05) is 12.1 Å². The molecular formula is C15H12F2O4. The molecule has 0 aromatic heterocycles. The average molecular weight is 294 g/mol. The number of methoxy groups -OCH3 is 1. The highest BCUT2D eigenvalue weighted by Gasteiger charge is 2.24. The third-order valence-electron chi connectivity index (χ3n) is 3.05. The first kappa shape index (κ1) is 14.9. The molecule has 0 aliphatic carbocycles. The zero-order valence-corrected chi connectivity index (χ0v) is 11.0. The highest BCUT2D eigenvalue weighted by Crippen LogP contribution is 2.31. The molecule has 1 atom stereocenters. The molecule has 0 spiro atoms. The summed E-state index contributed by atoms with van der Waals surface area (Å²) in [5, 5.41) is 19.2. The van der Waals surface area contributed by atoms with E-state index in [4.69, 9.17) is 9.84 Å². The fourth-order valence-electron chi connectivity index (χ4n) is 2.03. The standard InChI is InChI=1S/C15H12F2O4/c1-21-8-6-11(16)13(12(17)7-8)14(18)9-4-2-3-5-10(9)15(19)20/h2-7,14,18H,1H3,(H,19,20). The number of hydrogen-bond acceptors (Lipinski definition) is 3. The molecule has 0 aliphatic heterocycles. The van der Waals surface area contributed by atoms with E-state index in [9.17, 15) is 18.7 Å². The Hall–Kier alpha value is -2.47. The second-order valence-corrected chi connectivity index (χ2v) is 4.30. The van der Waals surface area contributed by atoms with E-state index in [1.807, 2.05) is 0 Å². The van der Waals surface area contributed by atoms with Crippen LogP contribution in [0, 0.1) is 11.6 Å². The summed E-state index contributed by atoms with van der Waals surface area (Å²) < 4.78 is 32.6. The minimum absolute atomic E-state index is 0.0348. The Kier molecular flexibility index (Phi) is 4.18. The summed E-state index contributed by atoms with van der Waals surface area (Å²) in [6, 6.07) is 7.33. The molecule has 0 saturated carbocycles. The molecule has 0 heterocycles. The highest BCUT2D eigenvalue weighted by atomic mass is 19.1. The number of rotatable bonds is 4. The highest BCUT2D eigenvalue weighted by molar-refractivity contribution is 5.89. The van der Waals surface area contributed by atoms with Gasteiger partial charge in [0.1, 0.15) is 23.5 Å². The molecule has 0 saturated heterocycles. The van der Waals surface area contributed by atoms with Gasteiger partial charge in [-0.05, 0) is 11.6 Å². The van der Waals surface area contributed by atoms with Crippen LogP contribution in [0.25, 0.3) is 0 Å². The topological polar surface area (TPSA) is 66.8 Å². The molecule has 0 amide bonds. The summed E-state index contributed by atoms with van der Waals surface area (Å²) in [4.78, 5) is 11.1. The van der Waals surface area contributed by atoms with Crippen molar-refractivity contribution in [1.82, 2.24) is 0 Å². The van der Waals surface area contributed by atoms with Crippen molar-refractivity contribution in [2.45, 2.75) is 6.10 Å². The normalized spacial score (nSPS) is 12.0. The predicted octanol–water partition coefficient (Wildman–Crippen LogP) is 2.75. The van der Waals surface area contributed by atoms with Gasteiger partial charge in [-0.2, -0.15) is 0 Å². The van der Waals surface area contributed by atoms with E-state index in [0.29, 0.717) is 0 Å². The summed E-state index contributed by atoms with van der Waals surface area (Å²) >= 11 is 0. The number of carboxylic acid groups (broad SMARTS) is 1. The van der Waals surface area contributed by atoms with Crippen molar-refractivity contribution in [3.05, 3.63) is 64.7 Å². The van der Waals surface area contributed by atoms with Crippen LogP contribution in [-0.2, 0) is 0 Å². The van der Waals surface area contributed by atoms with Gasteiger partial charge in [-0.25, -0.2) is 13.6 Å². The second-order valence-electron chi connectivity index (χ2n) is 4.30. The van der Waals surface area contributed by atoms with Crippen LogP contribution >= 0.6 is 0 Å². The fourth-order valence-corrected chi connectivity index (χ4v) is 2.03. The molecular weight excluding hydrogens is 282 g/mol. The van der Waals surface area contributed by atoms with Crippen molar-refractivity contribution in [3.8, 4) is 5.75 Å². The number of carboxylic acids is 1. The van der Waals surface area contributed by atoms with Crippen molar-refractivity contribution in [3.63, 3.8) is 0 Å². The van der Waals surface area contributed by atoms with Crippen molar-refractivity contribution < 1.29 is 28.5 Å². The van der Waals surface area contributed by atoms with Crippen LogP contribution < -0.4 is 4.74 Å². The fraction of sp³-hybridized carbons (Fsp3) is 0.133. The molecule has 2 rings (SSSR count). The molecule has 2 aromatic carbocycles. The molecule has 6 heteroatoms. The lowest BCUT2D eigenvalue weighted by molar-refractivity contribution is 0.0691. The maximum Gasteiger partial charge on any atom is 0.336 e. The first-order valence-electron chi connectivity index (χ1n) is 5.99. The summed E-state index contributed by atoms with van der Waals surface area (Å²) in [6.07, 6.45) is -1.73. The summed E-state index contributed by atoms with van der Waals surface area (Å²) in [7, 11) is 1.25. The summed E-state index contributed by atoms with van der Waals surface area (Å²) in [6.45, 7) is 0. The van der Waals surface area contributed by atoms with Crippen LogP contribution in [0.5, 0.6) is 5.75 Å². The molecule has 0 aliphatic rings. The molecule has 21 heavy (non-hydrogen) atoms. The molecule has 0 bridgehead atoms. The molecule has 2 aromatic rings. The molecule has 2 N–H and O–H groups in total. The summed E-state index contributed by atoms with van der Waals surface area (Å²) in [5.41, 5.74) is -0.933. The van der Waals surface area contributed by atoms with Gasteiger partial charge in [-0.15, -0.1) is 0 Å². The van der Waals surface area contributed by atoms with Gasteiger partial charge < -0.3 is 14.9 Å². The maximum atomic E-state index is 13.9.